The van der Waals surface area contributed by atoms with Crippen molar-refractivity contribution in [3.63, 3.8) is 0 Å². The molecule has 2 unspecified atom stereocenters. The van der Waals surface area contributed by atoms with Crippen molar-refractivity contribution in [2.75, 3.05) is 13.2 Å². The highest BCUT2D eigenvalue weighted by atomic mass is 16.5. The third-order valence-corrected chi connectivity index (χ3v) is 3.51. The average molecular weight is 356 g/mol. The number of carboxylic acids is 2. The largest absolute Gasteiger partial charge is 0.490 e. The molecule has 0 spiro atoms. The van der Waals surface area contributed by atoms with E-state index in [9.17, 15) is 9.59 Å². The second kappa shape index (κ2) is 13.2. The summed E-state index contributed by atoms with van der Waals surface area (Å²) in [4.78, 5) is 21.2. The van der Waals surface area contributed by atoms with Gasteiger partial charge in [0.1, 0.15) is 24.0 Å². The number of aromatic carboxylic acids is 1. The summed E-state index contributed by atoms with van der Waals surface area (Å²) < 4.78 is 5.06. The number of hydrogen-bond donors (Lipinski definition) is 4. The summed E-state index contributed by atoms with van der Waals surface area (Å²) >= 11 is 0. The number of aliphatic hydroxyl groups excluding tert-OH is 2. The lowest BCUT2D eigenvalue weighted by atomic mass is 10.00. The molecule has 0 aliphatic rings. The molecular weight excluding hydrogens is 328 g/mol. The fourth-order valence-corrected chi connectivity index (χ4v) is 1.96. The SMILES string of the molecule is CCCCC(CC)C(=O)O.O=C(O)c1ccccc1OCC(O)CO. The topological polar surface area (TPSA) is 124 Å². The molecule has 0 fully saturated rings. The first kappa shape index (κ1) is 22.9. The fraction of sp³-hybridized carbons (Fsp3) is 0.556. The lowest BCUT2D eigenvalue weighted by Gasteiger charge is -2.11. The molecule has 7 heteroatoms. The Hall–Kier alpha value is -2.12. The maximum atomic E-state index is 10.7. The van der Waals surface area contributed by atoms with Gasteiger partial charge in [0.25, 0.3) is 0 Å². The summed E-state index contributed by atoms with van der Waals surface area (Å²) in [6, 6.07) is 6.11. The van der Waals surface area contributed by atoms with E-state index in [1.807, 2.05) is 6.92 Å². The normalized spacial score (nSPS) is 12.5. The van der Waals surface area contributed by atoms with Crippen molar-refractivity contribution in [2.45, 2.75) is 45.6 Å². The second-order valence-electron chi connectivity index (χ2n) is 5.53. The predicted octanol–water partition coefficient (Wildman–Crippen LogP) is 2.40. The summed E-state index contributed by atoms with van der Waals surface area (Å²) in [6.07, 6.45) is 2.71. The third-order valence-electron chi connectivity index (χ3n) is 3.51. The molecular formula is C18H28O7. The summed E-state index contributed by atoms with van der Waals surface area (Å²) in [6.45, 7) is 3.44. The van der Waals surface area contributed by atoms with Gasteiger partial charge in [0.05, 0.1) is 12.5 Å². The van der Waals surface area contributed by atoms with Gasteiger partial charge in [0.15, 0.2) is 0 Å². The Morgan fingerprint density at radius 2 is 1.80 bits per heavy atom. The maximum absolute atomic E-state index is 10.7. The second-order valence-corrected chi connectivity index (χ2v) is 5.53. The molecule has 0 bridgehead atoms. The molecule has 0 saturated heterocycles. The number of hydrogen-bond acceptors (Lipinski definition) is 5. The molecule has 0 saturated carbocycles. The Bertz CT molecular complexity index is 516. The zero-order valence-corrected chi connectivity index (χ0v) is 14.7. The first-order valence-corrected chi connectivity index (χ1v) is 8.34. The van der Waals surface area contributed by atoms with Crippen molar-refractivity contribution in [3.8, 4) is 5.75 Å². The van der Waals surface area contributed by atoms with Crippen LogP contribution in [0.3, 0.4) is 0 Å². The lowest BCUT2D eigenvalue weighted by molar-refractivity contribution is -0.142. The standard InChI is InChI=1S/C10H12O5.C8H16O2/c11-5-7(12)6-15-9-4-2-1-3-8(9)10(13)14;1-3-5-6-7(4-2)8(9)10/h1-4,7,11-12H,5-6H2,(H,13,14);7H,3-6H2,1-2H3,(H,9,10). The Kier molecular flexibility index (Phi) is 12.1. The number of para-hydroxylation sites is 1. The zero-order valence-electron chi connectivity index (χ0n) is 14.7. The van der Waals surface area contributed by atoms with Gasteiger partial charge in [0.2, 0.25) is 0 Å². The average Bonchev–Trinajstić information content (AvgIpc) is 2.60. The molecule has 0 aromatic heterocycles. The van der Waals surface area contributed by atoms with Gasteiger partial charge in [-0.3, -0.25) is 4.79 Å². The number of aliphatic carboxylic acids is 1. The Morgan fingerprint density at radius 1 is 1.16 bits per heavy atom. The van der Waals surface area contributed by atoms with E-state index in [4.69, 9.17) is 25.2 Å². The first-order valence-electron chi connectivity index (χ1n) is 8.34. The van der Waals surface area contributed by atoms with E-state index in [-0.39, 0.29) is 23.8 Å². The van der Waals surface area contributed by atoms with Gasteiger partial charge in [-0.2, -0.15) is 0 Å². The molecule has 1 aromatic carbocycles. The van der Waals surface area contributed by atoms with Crippen LogP contribution in [-0.4, -0.2) is 51.7 Å². The quantitative estimate of drug-likeness (QED) is 0.507. The van der Waals surface area contributed by atoms with Crippen molar-refractivity contribution in [1.82, 2.24) is 0 Å². The van der Waals surface area contributed by atoms with Crippen LogP contribution in [0.1, 0.15) is 49.9 Å². The van der Waals surface area contributed by atoms with Crippen LogP contribution >= 0.6 is 0 Å². The van der Waals surface area contributed by atoms with E-state index < -0.39 is 24.6 Å². The van der Waals surface area contributed by atoms with Gasteiger partial charge in [-0.05, 0) is 25.0 Å². The predicted molar refractivity (Wildman–Crippen MR) is 92.9 cm³/mol. The summed E-state index contributed by atoms with van der Waals surface area (Å²) in [5, 5.41) is 35.0. The van der Waals surface area contributed by atoms with Crippen LogP contribution in [-0.2, 0) is 4.79 Å². The van der Waals surface area contributed by atoms with Gasteiger partial charge in [-0.1, -0.05) is 38.8 Å². The van der Waals surface area contributed by atoms with Crippen molar-refractivity contribution < 1.29 is 34.8 Å². The smallest absolute Gasteiger partial charge is 0.339 e. The van der Waals surface area contributed by atoms with Crippen LogP contribution < -0.4 is 4.74 Å². The summed E-state index contributed by atoms with van der Waals surface area (Å²) in [5.41, 5.74) is 0.0302. The van der Waals surface area contributed by atoms with Crippen molar-refractivity contribution in [2.24, 2.45) is 5.92 Å². The summed E-state index contributed by atoms with van der Waals surface area (Å²) in [7, 11) is 0. The number of carboxylic acid groups (broad SMARTS) is 2. The van der Waals surface area contributed by atoms with Crippen LogP contribution in [0.2, 0.25) is 0 Å². The molecule has 0 amide bonds. The van der Waals surface area contributed by atoms with E-state index in [2.05, 4.69) is 6.92 Å². The molecule has 142 valence electrons. The first-order chi connectivity index (χ1) is 11.9. The minimum absolute atomic E-state index is 0.0302. The van der Waals surface area contributed by atoms with Gasteiger partial charge >= 0.3 is 11.9 Å². The molecule has 0 heterocycles. The number of aliphatic hydroxyl groups is 2. The van der Waals surface area contributed by atoms with E-state index in [1.54, 1.807) is 12.1 Å². The highest BCUT2D eigenvalue weighted by Crippen LogP contribution is 2.17. The fourth-order valence-electron chi connectivity index (χ4n) is 1.96. The number of benzene rings is 1. The number of rotatable bonds is 10. The van der Waals surface area contributed by atoms with Crippen LogP contribution in [0.15, 0.2) is 24.3 Å². The Morgan fingerprint density at radius 3 is 2.28 bits per heavy atom. The molecule has 0 aliphatic heterocycles. The van der Waals surface area contributed by atoms with E-state index in [1.165, 1.54) is 12.1 Å². The van der Waals surface area contributed by atoms with Gasteiger partial charge in [-0.25, -0.2) is 4.79 Å². The van der Waals surface area contributed by atoms with E-state index in [0.29, 0.717) is 0 Å². The number of carbonyl (C=O) groups is 2. The lowest BCUT2D eigenvalue weighted by Crippen LogP contribution is -2.21. The molecule has 0 aliphatic carbocycles. The molecule has 4 N–H and O–H groups in total. The van der Waals surface area contributed by atoms with Gasteiger partial charge in [0, 0.05) is 0 Å². The third kappa shape index (κ3) is 9.69. The van der Waals surface area contributed by atoms with Gasteiger partial charge in [-0.15, -0.1) is 0 Å². The molecule has 2 atom stereocenters. The van der Waals surface area contributed by atoms with Gasteiger partial charge < -0.3 is 25.2 Å². The minimum Gasteiger partial charge on any atom is -0.490 e. The zero-order chi connectivity index (χ0) is 19.2. The molecule has 1 rings (SSSR count). The van der Waals surface area contributed by atoms with Crippen molar-refractivity contribution in [3.05, 3.63) is 29.8 Å². The molecule has 0 radical (unpaired) electrons. The summed E-state index contributed by atoms with van der Waals surface area (Å²) in [5.74, 6) is -1.67. The molecule has 7 nitrogen and oxygen atoms in total. The van der Waals surface area contributed by atoms with Crippen molar-refractivity contribution in [1.29, 1.82) is 0 Å². The van der Waals surface area contributed by atoms with E-state index >= 15 is 0 Å². The highest BCUT2D eigenvalue weighted by molar-refractivity contribution is 5.90. The van der Waals surface area contributed by atoms with Crippen LogP contribution in [0.4, 0.5) is 0 Å². The minimum atomic E-state index is -1.09. The van der Waals surface area contributed by atoms with E-state index in [0.717, 1.165) is 25.7 Å². The monoisotopic (exact) mass is 356 g/mol. The van der Waals surface area contributed by atoms with Crippen LogP contribution in [0.25, 0.3) is 0 Å². The Balaban J connectivity index is 0.000000504. The van der Waals surface area contributed by atoms with Crippen LogP contribution in [0.5, 0.6) is 5.75 Å². The highest BCUT2D eigenvalue weighted by Gasteiger charge is 2.13. The van der Waals surface area contributed by atoms with Crippen molar-refractivity contribution >= 4 is 11.9 Å². The number of ether oxygens (including phenoxy) is 1. The number of unbranched alkanes of at least 4 members (excludes halogenated alkanes) is 1. The molecule has 1 aromatic rings. The Labute approximate surface area is 147 Å². The van der Waals surface area contributed by atoms with Crippen LogP contribution in [0, 0.1) is 5.92 Å². The molecule has 25 heavy (non-hydrogen) atoms. The maximum Gasteiger partial charge on any atom is 0.339 e.